The zero-order valence-corrected chi connectivity index (χ0v) is 17.9. The standard InChI is InChI=1S/C21H41NO5/c1-5-6-7-8-9-10-11-12-13-14-19(23)26-18-17-25-16-15-22-20(24)27-21(2,3)4/h5-18H2,1-4H3,(H,22,24). The van der Waals surface area contributed by atoms with Gasteiger partial charge in [-0.1, -0.05) is 58.3 Å². The molecule has 0 spiro atoms. The fourth-order valence-electron chi connectivity index (χ4n) is 2.51. The van der Waals surface area contributed by atoms with E-state index in [-0.39, 0.29) is 12.6 Å². The fraction of sp³-hybridized carbons (Fsp3) is 0.905. The number of unbranched alkanes of at least 4 members (excludes halogenated alkanes) is 8. The molecule has 1 amide bonds. The van der Waals surface area contributed by atoms with Gasteiger partial charge in [0.1, 0.15) is 12.2 Å². The van der Waals surface area contributed by atoms with E-state index in [2.05, 4.69) is 12.2 Å². The molecule has 0 aliphatic carbocycles. The van der Waals surface area contributed by atoms with Gasteiger partial charge in [0.05, 0.1) is 13.2 Å². The second kappa shape index (κ2) is 16.8. The second-order valence-corrected chi connectivity index (χ2v) is 7.84. The lowest BCUT2D eigenvalue weighted by atomic mass is 10.1. The van der Waals surface area contributed by atoms with Crippen molar-refractivity contribution in [3.05, 3.63) is 0 Å². The van der Waals surface area contributed by atoms with Gasteiger partial charge in [-0.3, -0.25) is 4.79 Å². The SMILES string of the molecule is CCCCCCCCCCCC(=O)OCCOCCNC(=O)OC(C)(C)C. The van der Waals surface area contributed by atoms with E-state index in [1.165, 1.54) is 44.9 Å². The van der Waals surface area contributed by atoms with Crippen molar-refractivity contribution in [3.8, 4) is 0 Å². The van der Waals surface area contributed by atoms with Crippen LogP contribution in [0.3, 0.4) is 0 Å². The van der Waals surface area contributed by atoms with Crippen LogP contribution in [-0.4, -0.2) is 44.0 Å². The summed E-state index contributed by atoms with van der Waals surface area (Å²) >= 11 is 0. The lowest BCUT2D eigenvalue weighted by Gasteiger charge is -2.19. The summed E-state index contributed by atoms with van der Waals surface area (Å²) in [6.45, 7) is 8.97. The zero-order valence-electron chi connectivity index (χ0n) is 17.9. The number of hydrogen-bond acceptors (Lipinski definition) is 5. The Hall–Kier alpha value is -1.30. The van der Waals surface area contributed by atoms with E-state index in [1.807, 2.05) is 20.8 Å². The zero-order chi connectivity index (χ0) is 20.4. The van der Waals surface area contributed by atoms with Crippen LogP contribution < -0.4 is 5.32 Å². The van der Waals surface area contributed by atoms with Crippen molar-refractivity contribution in [2.45, 2.75) is 97.5 Å². The summed E-state index contributed by atoms with van der Waals surface area (Å²) in [6, 6.07) is 0. The van der Waals surface area contributed by atoms with Crippen LogP contribution in [0.25, 0.3) is 0 Å². The lowest BCUT2D eigenvalue weighted by molar-refractivity contribution is -0.145. The largest absolute Gasteiger partial charge is 0.463 e. The highest BCUT2D eigenvalue weighted by molar-refractivity contribution is 5.69. The van der Waals surface area contributed by atoms with E-state index in [0.29, 0.717) is 26.2 Å². The van der Waals surface area contributed by atoms with E-state index in [9.17, 15) is 9.59 Å². The van der Waals surface area contributed by atoms with Crippen LogP contribution in [0.15, 0.2) is 0 Å². The predicted octanol–water partition coefficient (Wildman–Crippen LogP) is 4.99. The van der Waals surface area contributed by atoms with Crippen molar-refractivity contribution in [1.82, 2.24) is 5.32 Å². The van der Waals surface area contributed by atoms with Crippen LogP contribution >= 0.6 is 0 Å². The van der Waals surface area contributed by atoms with Gasteiger partial charge in [0.25, 0.3) is 0 Å². The van der Waals surface area contributed by atoms with Crippen LogP contribution in [0, 0.1) is 0 Å². The molecule has 0 bridgehead atoms. The number of amides is 1. The van der Waals surface area contributed by atoms with Crippen molar-refractivity contribution in [2.75, 3.05) is 26.4 Å². The van der Waals surface area contributed by atoms with E-state index in [1.54, 1.807) is 0 Å². The molecule has 0 aromatic carbocycles. The molecule has 0 fully saturated rings. The minimum atomic E-state index is -0.506. The summed E-state index contributed by atoms with van der Waals surface area (Å²) in [5.41, 5.74) is -0.506. The molecule has 0 saturated carbocycles. The Morgan fingerprint density at radius 1 is 0.815 bits per heavy atom. The molecule has 0 saturated heterocycles. The lowest BCUT2D eigenvalue weighted by Crippen LogP contribution is -2.34. The molecule has 0 heterocycles. The molecule has 0 aliphatic rings. The first-order chi connectivity index (χ1) is 12.8. The molecule has 160 valence electrons. The summed E-state index contributed by atoms with van der Waals surface area (Å²) in [7, 11) is 0. The Bertz CT molecular complexity index is 379. The van der Waals surface area contributed by atoms with Gasteiger partial charge >= 0.3 is 12.1 Å². The highest BCUT2D eigenvalue weighted by atomic mass is 16.6. The topological polar surface area (TPSA) is 73.9 Å². The molecule has 0 rings (SSSR count). The minimum absolute atomic E-state index is 0.159. The highest BCUT2D eigenvalue weighted by Crippen LogP contribution is 2.10. The van der Waals surface area contributed by atoms with Gasteiger partial charge in [-0.25, -0.2) is 4.79 Å². The maximum absolute atomic E-state index is 11.6. The monoisotopic (exact) mass is 387 g/mol. The maximum Gasteiger partial charge on any atom is 0.407 e. The van der Waals surface area contributed by atoms with Gasteiger partial charge in [-0.2, -0.15) is 0 Å². The number of nitrogens with one attached hydrogen (secondary N) is 1. The van der Waals surface area contributed by atoms with Crippen molar-refractivity contribution in [1.29, 1.82) is 0 Å². The smallest absolute Gasteiger partial charge is 0.407 e. The number of hydrogen-bond donors (Lipinski definition) is 1. The fourth-order valence-corrected chi connectivity index (χ4v) is 2.51. The van der Waals surface area contributed by atoms with Gasteiger partial charge in [-0.05, 0) is 27.2 Å². The van der Waals surface area contributed by atoms with Gasteiger partial charge in [0, 0.05) is 13.0 Å². The third-order valence-corrected chi connectivity index (χ3v) is 3.89. The van der Waals surface area contributed by atoms with Crippen LogP contribution in [0.5, 0.6) is 0 Å². The summed E-state index contributed by atoms with van der Waals surface area (Å²) < 4.78 is 15.6. The minimum Gasteiger partial charge on any atom is -0.463 e. The molecular weight excluding hydrogens is 346 g/mol. The van der Waals surface area contributed by atoms with Crippen LogP contribution in [0.2, 0.25) is 0 Å². The number of ether oxygens (including phenoxy) is 3. The maximum atomic E-state index is 11.6. The normalized spacial score (nSPS) is 11.3. The van der Waals surface area contributed by atoms with Crippen molar-refractivity contribution in [3.63, 3.8) is 0 Å². The molecule has 0 aromatic rings. The summed E-state index contributed by atoms with van der Waals surface area (Å²) in [6.07, 6.45) is 11.1. The first-order valence-corrected chi connectivity index (χ1v) is 10.6. The first kappa shape index (κ1) is 25.7. The molecular formula is C21H41NO5. The van der Waals surface area contributed by atoms with Crippen LogP contribution in [-0.2, 0) is 19.0 Å². The van der Waals surface area contributed by atoms with Crippen molar-refractivity contribution >= 4 is 12.1 Å². The van der Waals surface area contributed by atoms with E-state index in [0.717, 1.165) is 12.8 Å². The predicted molar refractivity (Wildman–Crippen MR) is 108 cm³/mol. The average molecular weight is 388 g/mol. The van der Waals surface area contributed by atoms with E-state index < -0.39 is 11.7 Å². The Morgan fingerprint density at radius 3 is 2.00 bits per heavy atom. The molecule has 27 heavy (non-hydrogen) atoms. The number of alkyl carbamates (subject to hydrolysis) is 1. The number of rotatable bonds is 16. The molecule has 0 unspecified atom stereocenters. The summed E-state index contributed by atoms with van der Waals surface area (Å²) in [5, 5.41) is 2.60. The quantitative estimate of drug-likeness (QED) is 0.298. The molecule has 6 nitrogen and oxygen atoms in total. The van der Waals surface area contributed by atoms with Gasteiger partial charge < -0.3 is 19.5 Å². The molecule has 6 heteroatoms. The highest BCUT2D eigenvalue weighted by Gasteiger charge is 2.15. The average Bonchev–Trinajstić information content (AvgIpc) is 2.58. The molecule has 0 aliphatic heterocycles. The molecule has 0 atom stereocenters. The van der Waals surface area contributed by atoms with Gasteiger partial charge in [0.2, 0.25) is 0 Å². The van der Waals surface area contributed by atoms with E-state index in [4.69, 9.17) is 14.2 Å². The van der Waals surface area contributed by atoms with E-state index >= 15 is 0 Å². The van der Waals surface area contributed by atoms with Crippen molar-refractivity contribution < 1.29 is 23.8 Å². The third kappa shape index (κ3) is 20.9. The Labute approximate surface area is 165 Å². The summed E-state index contributed by atoms with van der Waals surface area (Å²) in [5.74, 6) is -0.159. The van der Waals surface area contributed by atoms with Gasteiger partial charge in [-0.15, -0.1) is 0 Å². The Morgan fingerprint density at radius 2 is 1.41 bits per heavy atom. The Balaban J connectivity index is 3.31. The summed E-state index contributed by atoms with van der Waals surface area (Å²) in [4.78, 5) is 23.0. The number of esters is 1. The second-order valence-electron chi connectivity index (χ2n) is 7.84. The Kier molecular flexibility index (Phi) is 16.0. The van der Waals surface area contributed by atoms with Gasteiger partial charge in [0.15, 0.2) is 0 Å². The van der Waals surface area contributed by atoms with Crippen LogP contribution in [0.4, 0.5) is 4.79 Å². The molecule has 0 aromatic heterocycles. The molecule has 1 N–H and O–H groups in total. The number of carbonyl (C=O) groups is 2. The van der Waals surface area contributed by atoms with Crippen LogP contribution in [0.1, 0.15) is 91.9 Å². The third-order valence-electron chi connectivity index (χ3n) is 3.89. The molecule has 0 radical (unpaired) electrons. The van der Waals surface area contributed by atoms with Crippen molar-refractivity contribution in [2.24, 2.45) is 0 Å². The number of carbonyl (C=O) groups excluding carboxylic acids is 2. The first-order valence-electron chi connectivity index (χ1n) is 10.6.